The number of nitrogens with zero attached hydrogens (tertiary/aromatic N) is 2. The van der Waals surface area contributed by atoms with Gasteiger partial charge in [-0.05, 0) is 95.0 Å². The molecule has 1 unspecified atom stereocenters. The number of likely N-dealkylation sites (tertiary alicyclic amines) is 2. The molecule has 0 aliphatic carbocycles. The van der Waals surface area contributed by atoms with Gasteiger partial charge in [-0.3, -0.25) is 9.69 Å². The monoisotopic (exact) mass is 616 g/mol. The Bertz CT molecular complexity index is 1320. The molecule has 0 aromatic heterocycles. The van der Waals surface area contributed by atoms with Crippen LogP contribution in [0.5, 0.6) is 11.5 Å². The highest BCUT2D eigenvalue weighted by Crippen LogP contribution is 2.57. The molecular weight excluding hydrogens is 579 g/mol. The maximum atomic E-state index is 14.7. The molecule has 2 aliphatic rings. The summed E-state index contributed by atoms with van der Waals surface area (Å²) < 4.78 is 41.8. The largest absolute Gasteiger partial charge is 0.465 e. The van der Waals surface area contributed by atoms with E-state index in [0.717, 1.165) is 0 Å². The summed E-state index contributed by atoms with van der Waals surface area (Å²) in [6.45, 7) is 5.94. The molecule has 0 radical (unpaired) electrons. The Morgan fingerprint density at radius 3 is 1.67 bits per heavy atom. The lowest BCUT2D eigenvalue weighted by molar-refractivity contribution is -0.135. The number of hydrogen-bond donors (Lipinski definition) is 0. The molecule has 2 fully saturated rings. The second-order valence-corrected chi connectivity index (χ2v) is 13.3. The Morgan fingerprint density at radius 1 is 0.744 bits per heavy atom. The predicted molar refractivity (Wildman–Crippen MR) is 155 cm³/mol. The van der Waals surface area contributed by atoms with Crippen molar-refractivity contribution in [2.45, 2.75) is 63.9 Å². The van der Waals surface area contributed by atoms with E-state index in [0.29, 0.717) is 38.8 Å². The molecule has 43 heavy (non-hydrogen) atoms. The first-order valence-electron chi connectivity index (χ1n) is 14.0. The smallest absolute Gasteiger partial charge is 0.453 e. The van der Waals surface area contributed by atoms with Crippen LogP contribution in [0, 0.1) is 0 Å². The molecule has 232 valence electrons. The van der Waals surface area contributed by atoms with Crippen LogP contribution in [0.15, 0.2) is 48.5 Å². The first-order chi connectivity index (χ1) is 20.3. The third kappa shape index (κ3) is 7.48. The molecule has 0 N–H and O–H groups in total. The molecule has 0 saturated carbocycles. The molecular formula is C30H37N2O10P. The number of ether oxygens (including phenoxy) is 3. The third-order valence-electron chi connectivity index (χ3n) is 7.05. The van der Waals surface area contributed by atoms with Crippen molar-refractivity contribution in [3.63, 3.8) is 0 Å². The molecule has 2 aromatic rings. The fraction of sp³-hybridized carbons (Fsp3) is 0.467. The molecule has 2 heterocycles. The zero-order valence-corrected chi connectivity index (χ0v) is 25.8. The minimum atomic E-state index is -4.19. The van der Waals surface area contributed by atoms with Gasteiger partial charge in [0.05, 0.1) is 25.3 Å². The molecule has 0 bridgehead atoms. The molecule has 2 aromatic carbocycles. The Balaban J connectivity index is 1.63. The minimum absolute atomic E-state index is 0.151. The Morgan fingerprint density at radius 2 is 1.21 bits per heavy atom. The Labute approximate surface area is 250 Å². The van der Waals surface area contributed by atoms with Crippen LogP contribution < -0.4 is 9.05 Å². The van der Waals surface area contributed by atoms with E-state index in [9.17, 15) is 23.7 Å². The van der Waals surface area contributed by atoms with Crippen LogP contribution in [0.25, 0.3) is 0 Å². The number of amides is 2. The van der Waals surface area contributed by atoms with E-state index < -0.39 is 43.1 Å². The van der Waals surface area contributed by atoms with E-state index in [1.54, 1.807) is 20.8 Å². The highest BCUT2D eigenvalue weighted by molar-refractivity contribution is 7.55. The summed E-state index contributed by atoms with van der Waals surface area (Å²) in [6.07, 6.45) is 1.35. The van der Waals surface area contributed by atoms with Crippen molar-refractivity contribution in [1.82, 2.24) is 9.80 Å². The van der Waals surface area contributed by atoms with Crippen LogP contribution in [-0.2, 0) is 23.6 Å². The molecule has 12 nitrogen and oxygen atoms in total. The van der Waals surface area contributed by atoms with Crippen molar-refractivity contribution in [3.8, 4) is 11.5 Å². The summed E-state index contributed by atoms with van der Waals surface area (Å²) in [5, 5.41) is 0. The number of benzene rings is 2. The van der Waals surface area contributed by atoms with Crippen molar-refractivity contribution >= 4 is 31.5 Å². The topological polar surface area (TPSA) is 138 Å². The second kappa shape index (κ2) is 13.1. The summed E-state index contributed by atoms with van der Waals surface area (Å²) in [6, 6.07) is 10.9. The molecule has 4 rings (SSSR count). The normalized spacial score (nSPS) is 18.6. The Hall–Kier alpha value is -4.05. The molecule has 13 heteroatoms. The predicted octanol–water partition coefficient (Wildman–Crippen LogP) is 5.26. The fourth-order valence-corrected chi connectivity index (χ4v) is 7.24. The average molecular weight is 617 g/mol. The van der Waals surface area contributed by atoms with Gasteiger partial charge in [0.15, 0.2) is 5.78 Å². The number of carbonyl (C=O) groups excluding carboxylic acids is 4. The van der Waals surface area contributed by atoms with Gasteiger partial charge < -0.3 is 28.2 Å². The van der Waals surface area contributed by atoms with Gasteiger partial charge in [-0.25, -0.2) is 18.9 Å². The number of hydrogen-bond acceptors (Lipinski definition) is 10. The van der Waals surface area contributed by atoms with Crippen LogP contribution in [-0.4, -0.2) is 78.5 Å². The van der Waals surface area contributed by atoms with E-state index in [1.807, 2.05) is 0 Å². The van der Waals surface area contributed by atoms with Gasteiger partial charge >= 0.3 is 25.6 Å². The fourth-order valence-electron chi connectivity index (χ4n) is 5.06. The summed E-state index contributed by atoms with van der Waals surface area (Å²) in [5.74, 6) is -2.12. The van der Waals surface area contributed by atoms with Crippen molar-refractivity contribution in [2.75, 3.05) is 27.3 Å². The maximum absolute atomic E-state index is 14.7. The van der Waals surface area contributed by atoms with Gasteiger partial charge in [0.25, 0.3) is 0 Å². The SMILES string of the molecule is COC(=O)c1ccc(OP(=O)(Oc2ccc(C(=O)OC)cc2)C2CCCN2C(=O)[C@@H]2CCCN2C(=O)OC(C)(C)C)cc1. The summed E-state index contributed by atoms with van der Waals surface area (Å²) >= 11 is 0. The number of carbonyl (C=O) groups is 4. The van der Waals surface area contributed by atoms with Crippen molar-refractivity contribution in [1.29, 1.82) is 0 Å². The zero-order valence-electron chi connectivity index (χ0n) is 24.9. The Kier molecular flexibility index (Phi) is 9.69. The summed E-state index contributed by atoms with van der Waals surface area (Å²) in [4.78, 5) is 53.5. The lowest BCUT2D eigenvalue weighted by Crippen LogP contribution is -2.50. The van der Waals surface area contributed by atoms with Gasteiger partial charge in [-0.15, -0.1) is 0 Å². The highest BCUT2D eigenvalue weighted by Gasteiger charge is 2.50. The van der Waals surface area contributed by atoms with E-state index in [1.165, 1.54) is 72.6 Å². The maximum Gasteiger partial charge on any atom is 0.453 e. The molecule has 2 atom stereocenters. The standard InChI is InChI=1S/C30H37N2O10P/c1-30(2,3)40-29(36)31-18-6-8-24(31)26(33)32-19-7-9-25(32)43(37,41-22-14-10-20(11-15-22)27(34)38-4)42-23-16-12-21(13-17-23)28(35)39-5/h10-17,24-25H,6-9,18-19H2,1-5H3/t24-,25?/m0/s1. The molecule has 2 saturated heterocycles. The van der Waals surface area contributed by atoms with Crippen LogP contribution in [0.2, 0.25) is 0 Å². The van der Waals surface area contributed by atoms with E-state index in [4.69, 9.17) is 23.3 Å². The van der Waals surface area contributed by atoms with Crippen LogP contribution in [0.3, 0.4) is 0 Å². The van der Waals surface area contributed by atoms with Gasteiger partial charge in [-0.2, -0.15) is 0 Å². The van der Waals surface area contributed by atoms with Crippen molar-refractivity contribution in [3.05, 3.63) is 59.7 Å². The van der Waals surface area contributed by atoms with Crippen LogP contribution in [0.1, 0.15) is 67.2 Å². The number of rotatable bonds is 8. The van der Waals surface area contributed by atoms with E-state index in [2.05, 4.69) is 0 Å². The number of methoxy groups -OCH3 is 2. The first kappa shape index (κ1) is 31.9. The minimum Gasteiger partial charge on any atom is -0.465 e. The number of esters is 2. The molecule has 2 aliphatic heterocycles. The zero-order chi connectivity index (χ0) is 31.4. The van der Waals surface area contributed by atoms with E-state index in [-0.39, 0.29) is 28.5 Å². The summed E-state index contributed by atoms with van der Waals surface area (Å²) in [5.41, 5.74) is -0.191. The quantitative estimate of drug-likeness (QED) is 0.219. The van der Waals surface area contributed by atoms with Gasteiger partial charge in [0.1, 0.15) is 23.1 Å². The average Bonchev–Trinajstić information content (AvgIpc) is 3.67. The van der Waals surface area contributed by atoms with Crippen molar-refractivity contribution in [2.24, 2.45) is 0 Å². The molecule has 2 amide bonds. The van der Waals surface area contributed by atoms with Gasteiger partial charge in [0.2, 0.25) is 5.91 Å². The third-order valence-corrected chi connectivity index (χ3v) is 9.25. The van der Waals surface area contributed by atoms with Gasteiger partial charge in [-0.1, -0.05) is 0 Å². The van der Waals surface area contributed by atoms with Crippen LogP contribution in [0.4, 0.5) is 4.79 Å². The second-order valence-electron chi connectivity index (χ2n) is 11.2. The van der Waals surface area contributed by atoms with E-state index >= 15 is 0 Å². The van der Waals surface area contributed by atoms with Crippen molar-refractivity contribution < 1.29 is 47.0 Å². The lowest BCUT2D eigenvalue weighted by Gasteiger charge is -2.34. The summed E-state index contributed by atoms with van der Waals surface area (Å²) in [7, 11) is -1.66. The molecule has 0 spiro atoms. The van der Waals surface area contributed by atoms with Crippen LogP contribution >= 0.6 is 7.60 Å². The highest BCUT2D eigenvalue weighted by atomic mass is 31.2. The first-order valence-corrected chi connectivity index (χ1v) is 15.6. The van der Waals surface area contributed by atoms with Gasteiger partial charge in [0, 0.05) is 13.1 Å². The lowest BCUT2D eigenvalue weighted by atomic mass is 10.2.